The molecule has 5 rings (SSSR count). The van der Waals surface area contributed by atoms with Gasteiger partial charge < -0.3 is 16.0 Å². The van der Waals surface area contributed by atoms with Crippen molar-refractivity contribution in [3.63, 3.8) is 0 Å². The molecule has 0 aliphatic carbocycles. The Kier molecular flexibility index (Phi) is 4.85. The maximum atomic E-state index is 13.0. The van der Waals surface area contributed by atoms with Gasteiger partial charge in [0, 0.05) is 29.4 Å². The van der Waals surface area contributed by atoms with Crippen LogP contribution in [-0.2, 0) is 4.79 Å². The molecule has 9 heteroatoms. The Morgan fingerprint density at radius 1 is 1.34 bits per heavy atom. The van der Waals surface area contributed by atoms with E-state index in [0.717, 1.165) is 42.2 Å². The zero-order valence-corrected chi connectivity index (χ0v) is 17.1. The van der Waals surface area contributed by atoms with E-state index in [4.69, 9.17) is 11.6 Å². The van der Waals surface area contributed by atoms with E-state index in [1.165, 1.54) is 11.8 Å². The molecule has 7 nitrogen and oxygen atoms in total. The van der Waals surface area contributed by atoms with Crippen molar-refractivity contribution in [1.82, 2.24) is 20.9 Å². The van der Waals surface area contributed by atoms with Gasteiger partial charge in [0.25, 0.3) is 0 Å². The molecule has 0 spiro atoms. The zero-order valence-electron chi connectivity index (χ0n) is 15.5. The summed E-state index contributed by atoms with van der Waals surface area (Å²) < 4.78 is 0. The molecule has 2 aromatic rings. The molecule has 3 atom stereocenters. The topological polar surface area (TPSA) is 86.4 Å². The molecular formula is C20H20ClN5O2S. The number of carbonyl (C=O) groups excluding carboxylic acids is 2. The van der Waals surface area contributed by atoms with Crippen molar-refractivity contribution in [2.24, 2.45) is 0 Å². The Morgan fingerprint density at radius 3 is 3.03 bits per heavy atom. The summed E-state index contributed by atoms with van der Waals surface area (Å²) in [6, 6.07) is 8.41. The van der Waals surface area contributed by atoms with E-state index in [1.807, 2.05) is 18.2 Å². The van der Waals surface area contributed by atoms with Crippen molar-refractivity contribution in [3.05, 3.63) is 47.1 Å². The number of amides is 3. The smallest absolute Gasteiger partial charge is 0.327 e. The van der Waals surface area contributed by atoms with Crippen LogP contribution in [-0.4, -0.2) is 41.3 Å². The molecule has 2 unspecified atom stereocenters. The SMILES string of the molecule is O=C(NC1CCCNC1)[C@@H]1Sc2nccc3c2C1NC(=O)N3c1cccc(Cl)c1. The van der Waals surface area contributed by atoms with E-state index in [9.17, 15) is 9.59 Å². The Morgan fingerprint density at radius 2 is 2.24 bits per heavy atom. The predicted octanol–water partition coefficient (Wildman–Crippen LogP) is 2.98. The summed E-state index contributed by atoms with van der Waals surface area (Å²) in [4.78, 5) is 32.1. The minimum Gasteiger partial charge on any atom is -0.351 e. The second-order valence-electron chi connectivity index (χ2n) is 7.38. The summed E-state index contributed by atoms with van der Waals surface area (Å²) in [5.74, 6) is -0.0610. The van der Waals surface area contributed by atoms with Crippen LogP contribution in [0.25, 0.3) is 0 Å². The Hall–Kier alpha value is -2.29. The highest BCUT2D eigenvalue weighted by Gasteiger charge is 2.46. The third-order valence-corrected chi connectivity index (χ3v) is 7.00. The zero-order chi connectivity index (χ0) is 20.0. The van der Waals surface area contributed by atoms with E-state index in [2.05, 4.69) is 20.9 Å². The first kappa shape index (κ1) is 18.7. The van der Waals surface area contributed by atoms with Crippen molar-refractivity contribution in [2.45, 2.75) is 35.2 Å². The van der Waals surface area contributed by atoms with Gasteiger partial charge in [0.2, 0.25) is 5.91 Å². The third kappa shape index (κ3) is 3.35. The van der Waals surface area contributed by atoms with Crippen molar-refractivity contribution in [3.8, 4) is 0 Å². The lowest BCUT2D eigenvalue weighted by atomic mass is 9.99. The van der Waals surface area contributed by atoms with Crippen LogP contribution in [0.15, 0.2) is 41.6 Å². The van der Waals surface area contributed by atoms with E-state index in [1.54, 1.807) is 23.2 Å². The number of carbonyl (C=O) groups is 2. The van der Waals surface area contributed by atoms with Gasteiger partial charge in [-0.05, 0) is 43.7 Å². The summed E-state index contributed by atoms with van der Waals surface area (Å²) in [5, 5.41) is 10.4. The highest BCUT2D eigenvalue weighted by molar-refractivity contribution is 8.01. The monoisotopic (exact) mass is 429 g/mol. The molecule has 3 aliphatic rings. The molecule has 1 aromatic carbocycles. The third-order valence-electron chi connectivity index (χ3n) is 5.47. The van der Waals surface area contributed by atoms with E-state index < -0.39 is 11.3 Å². The number of nitrogens with zero attached hydrogens (tertiary/aromatic N) is 2. The van der Waals surface area contributed by atoms with Gasteiger partial charge in [-0.1, -0.05) is 29.4 Å². The van der Waals surface area contributed by atoms with Gasteiger partial charge in [-0.2, -0.15) is 0 Å². The summed E-state index contributed by atoms with van der Waals surface area (Å²) in [7, 11) is 0. The number of pyridine rings is 1. The molecule has 0 bridgehead atoms. The largest absolute Gasteiger partial charge is 0.351 e. The summed E-state index contributed by atoms with van der Waals surface area (Å²) in [6.45, 7) is 1.76. The maximum absolute atomic E-state index is 13.0. The molecule has 29 heavy (non-hydrogen) atoms. The molecule has 3 N–H and O–H groups in total. The van der Waals surface area contributed by atoms with Crippen molar-refractivity contribution < 1.29 is 9.59 Å². The number of thioether (sulfide) groups is 1. The number of rotatable bonds is 3. The number of piperidine rings is 1. The molecule has 1 aromatic heterocycles. The minimum absolute atomic E-state index is 0.0610. The summed E-state index contributed by atoms with van der Waals surface area (Å²) in [6.07, 6.45) is 3.69. The first-order chi connectivity index (χ1) is 14.1. The number of nitrogens with one attached hydrogen (secondary N) is 3. The fourth-order valence-electron chi connectivity index (χ4n) is 4.15. The fourth-order valence-corrected chi connectivity index (χ4v) is 5.58. The Balaban J connectivity index is 1.46. The van der Waals surface area contributed by atoms with Crippen LogP contribution in [0, 0.1) is 0 Å². The number of urea groups is 1. The van der Waals surface area contributed by atoms with Crippen molar-refractivity contribution in [2.75, 3.05) is 18.0 Å². The second kappa shape index (κ2) is 7.51. The fraction of sp³-hybridized carbons (Fsp3) is 0.350. The molecule has 1 saturated heterocycles. The van der Waals surface area contributed by atoms with Gasteiger partial charge in [0.1, 0.15) is 10.3 Å². The second-order valence-corrected chi connectivity index (χ2v) is 8.95. The summed E-state index contributed by atoms with van der Waals surface area (Å²) >= 11 is 7.55. The molecular weight excluding hydrogens is 410 g/mol. The normalized spacial score (nSPS) is 25.3. The minimum atomic E-state index is -0.439. The highest BCUT2D eigenvalue weighted by atomic mass is 35.5. The molecule has 0 saturated carbocycles. The number of benzene rings is 1. The van der Waals surface area contributed by atoms with Crippen molar-refractivity contribution in [1.29, 1.82) is 0 Å². The van der Waals surface area contributed by atoms with Gasteiger partial charge in [0.15, 0.2) is 0 Å². The van der Waals surface area contributed by atoms with Gasteiger partial charge >= 0.3 is 6.03 Å². The van der Waals surface area contributed by atoms with Crippen LogP contribution in [0.1, 0.15) is 24.4 Å². The van der Waals surface area contributed by atoms with Crippen LogP contribution in [0.3, 0.4) is 0 Å². The molecule has 3 aliphatic heterocycles. The van der Waals surface area contributed by atoms with Crippen LogP contribution in [0.2, 0.25) is 5.02 Å². The van der Waals surface area contributed by atoms with Crippen LogP contribution in [0.4, 0.5) is 16.2 Å². The lowest BCUT2D eigenvalue weighted by Crippen LogP contribution is -2.52. The first-order valence-electron chi connectivity index (χ1n) is 9.64. The van der Waals surface area contributed by atoms with Gasteiger partial charge in [-0.25, -0.2) is 9.78 Å². The van der Waals surface area contributed by atoms with Crippen LogP contribution in [0.5, 0.6) is 0 Å². The van der Waals surface area contributed by atoms with Gasteiger partial charge in [-0.3, -0.25) is 9.69 Å². The number of aromatic nitrogens is 1. The Labute approximate surface area is 177 Å². The van der Waals surface area contributed by atoms with E-state index >= 15 is 0 Å². The van der Waals surface area contributed by atoms with Gasteiger partial charge in [-0.15, -0.1) is 0 Å². The van der Waals surface area contributed by atoms with Crippen LogP contribution >= 0.6 is 23.4 Å². The molecule has 0 radical (unpaired) electrons. The molecule has 3 amide bonds. The predicted molar refractivity (Wildman–Crippen MR) is 113 cm³/mol. The van der Waals surface area contributed by atoms with E-state index in [-0.39, 0.29) is 18.0 Å². The number of halogens is 1. The highest BCUT2D eigenvalue weighted by Crippen LogP contribution is 2.50. The van der Waals surface area contributed by atoms with E-state index in [0.29, 0.717) is 10.7 Å². The molecule has 1 fully saturated rings. The molecule has 150 valence electrons. The Bertz CT molecular complexity index is 981. The summed E-state index contributed by atoms with van der Waals surface area (Å²) in [5.41, 5.74) is 2.31. The van der Waals surface area contributed by atoms with Crippen LogP contribution < -0.4 is 20.9 Å². The maximum Gasteiger partial charge on any atom is 0.327 e. The standard InChI is InChI=1S/C20H20ClN5O2S/c21-11-3-1-5-13(9-11)26-14-6-8-23-19-15(14)16(25-20(26)28)17(29-19)18(27)24-12-4-2-7-22-10-12/h1,3,5-6,8-9,12,16-17,22H,2,4,7,10H2,(H,24,27)(H,25,28)/t12?,16?,17-/m1/s1. The number of hydrogen-bond acceptors (Lipinski definition) is 5. The lowest BCUT2D eigenvalue weighted by molar-refractivity contribution is -0.121. The van der Waals surface area contributed by atoms with Crippen molar-refractivity contribution >= 4 is 46.7 Å². The number of anilines is 2. The van der Waals surface area contributed by atoms with Gasteiger partial charge in [0.05, 0.1) is 17.4 Å². The first-order valence-corrected chi connectivity index (χ1v) is 10.9. The quantitative estimate of drug-likeness (QED) is 0.698. The lowest BCUT2D eigenvalue weighted by Gasteiger charge is -2.34. The number of hydrogen-bond donors (Lipinski definition) is 3. The average molecular weight is 430 g/mol. The molecule has 4 heterocycles. The average Bonchev–Trinajstić information content (AvgIpc) is 3.09.